The summed E-state index contributed by atoms with van der Waals surface area (Å²) in [5.41, 5.74) is 17.2. The van der Waals surface area contributed by atoms with Crippen molar-refractivity contribution in [3.8, 4) is 33.4 Å². The minimum atomic E-state index is -0.191. The molecule has 0 amide bonds. The number of fused-ring (bicyclic) bond motifs is 8. The van der Waals surface area contributed by atoms with Crippen LogP contribution in [-0.2, 0) is 5.41 Å². The van der Waals surface area contributed by atoms with Gasteiger partial charge in [0, 0.05) is 44.8 Å². The van der Waals surface area contributed by atoms with Gasteiger partial charge in [0.2, 0.25) is 0 Å². The first kappa shape index (κ1) is 43.7. The summed E-state index contributed by atoms with van der Waals surface area (Å²) < 4.78 is 0. The maximum Gasteiger partial charge on any atom is 0.0794 e. The van der Waals surface area contributed by atoms with Crippen molar-refractivity contribution in [1.29, 1.82) is 0 Å². The lowest BCUT2D eigenvalue weighted by Crippen LogP contribution is -2.18. The van der Waals surface area contributed by atoms with Gasteiger partial charge in [0.25, 0.3) is 0 Å². The lowest BCUT2D eigenvalue weighted by molar-refractivity contribution is 0.660. The third kappa shape index (κ3) is 7.22. The Kier molecular flexibility index (Phi) is 10.2. The SMILES string of the molecule is CC1C=C(N(c2ccc3ccccc3c2)c2cnc3c(-c4ccc5c(c4)C(C)(C)c4ccccc4-5)c4cc(N(c5ccccc5)c5ccc6ccccc6c5)ccc4c(-c4ccc5ccccc5c4)c3c2)C=CC1. The second kappa shape index (κ2) is 17.3. The van der Waals surface area contributed by atoms with Gasteiger partial charge in [0.15, 0.2) is 0 Å². The van der Waals surface area contributed by atoms with E-state index in [1.165, 1.54) is 60.0 Å². The zero-order chi connectivity index (χ0) is 49.5. The van der Waals surface area contributed by atoms with Gasteiger partial charge in [-0.3, -0.25) is 4.98 Å². The highest BCUT2D eigenvalue weighted by atomic mass is 15.2. The van der Waals surface area contributed by atoms with Crippen molar-refractivity contribution in [3.63, 3.8) is 0 Å². The maximum absolute atomic E-state index is 5.77. The molecule has 0 bridgehead atoms. The first-order chi connectivity index (χ1) is 36.3. The van der Waals surface area contributed by atoms with Crippen LogP contribution in [0.2, 0.25) is 0 Å². The van der Waals surface area contributed by atoms with Gasteiger partial charge in [0.05, 0.1) is 17.4 Å². The normalized spacial score (nSPS) is 14.6. The van der Waals surface area contributed by atoms with Crippen molar-refractivity contribution in [2.45, 2.75) is 32.6 Å². The largest absolute Gasteiger partial charge is 0.310 e. The number of hydrogen-bond donors (Lipinski definition) is 0. The number of anilines is 5. The van der Waals surface area contributed by atoms with Gasteiger partial charge in [-0.05, 0) is 167 Å². The van der Waals surface area contributed by atoms with Crippen LogP contribution in [-0.4, -0.2) is 4.98 Å². The molecule has 0 aliphatic heterocycles. The lowest BCUT2D eigenvalue weighted by Gasteiger charge is -2.30. The topological polar surface area (TPSA) is 19.4 Å². The van der Waals surface area contributed by atoms with Gasteiger partial charge in [-0.2, -0.15) is 0 Å². The molecule has 2 aliphatic carbocycles. The van der Waals surface area contributed by atoms with E-state index in [9.17, 15) is 0 Å². The molecule has 14 rings (SSSR count). The summed E-state index contributed by atoms with van der Waals surface area (Å²) >= 11 is 0. The first-order valence-electron chi connectivity index (χ1n) is 26.0. The Morgan fingerprint density at radius 1 is 0.419 bits per heavy atom. The van der Waals surface area contributed by atoms with Crippen LogP contribution in [0.5, 0.6) is 0 Å². The summed E-state index contributed by atoms with van der Waals surface area (Å²) in [6.45, 7) is 7.06. The fourth-order valence-corrected chi connectivity index (χ4v) is 12.2. The van der Waals surface area contributed by atoms with E-state index >= 15 is 0 Å². The van der Waals surface area contributed by atoms with Gasteiger partial charge >= 0.3 is 0 Å². The van der Waals surface area contributed by atoms with Crippen molar-refractivity contribution < 1.29 is 0 Å². The fraction of sp³-hybridized carbons (Fsp3) is 0.0845. The Hall–Kier alpha value is -9.05. The molecule has 2 aliphatic rings. The van der Waals surface area contributed by atoms with Crippen LogP contribution in [0.1, 0.15) is 38.3 Å². The van der Waals surface area contributed by atoms with Gasteiger partial charge in [0.1, 0.15) is 0 Å². The molecule has 0 radical (unpaired) electrons. The van der Waals surface area contributed by atoms with Crippen LogP contribution in [0.25, 0.3) is 87.4 Å². The molecule has 12 aromatic rings. The molecule has 3 heteroatoms. The second-order valence-electron chi connectivity index (χ2n) is 20.8. The molecular formula is C71H53N3. The molecule has 1 aromatic heterocycles. The number of hydrogen-bond acceptors (Lipinski definition) is 3. The summed E-state index contributed by atoms with van der Waals surface area (Å²) in [7, 11) is 0. The number of para-hydroxylation sites is 1. The van der Waals surface area contributed by atoms with E-state index < -0.39 is 0 Å². The molecule has 1 heterocycles. The minimum Gasteiger partial charge on any atom is -0.310 e. The average molecular weight is 948 g/mol. The zero-order valence-electron chi connectivity index (χ0n) is 41.8. The molecule has 0 saturated carbocycles. The first-order valence-corrected chi connectivity index (χ1v) is 26.0. The summed E-state index contributed by atoms with van der Waals surface area (Å²) in [4.78, 5) is 10.6. The third-order valence-electron chi connectivity index (χ3n) is 15.9. The van der Waals surface area contributed by atoms with E-state index in [1.54, 1.807) is 0 Å². The highest BCUT2D eigenvalue weighted by Gasteiger charge is 2.36. The Morgan fingerprint density at radius 3 is 1.69 bits per heavy atom. The van der Waals surface area contributed by atoms with Gasteiger partial charge < -0.3 is 9.80 Å². The van der Waals surface area contributed by atoms with E-state index in [0.717, 1.165) is 79.1 Å². The van der Waals surface area contributed by atoms with E-state index in [1.807, 2.05) is 0 Å². The van der Waals surface area contributed by atoms with Crippen molar-refractivity contribution in [2.75, 3.05) is 9.80 Å². The number of nitrogens with zero attached hydrogens (tertiary/aromatic N) is 3. The predicted molar refractivity (Wildman–Crippen MR) is 314 cm³/mol. The van der Waals surface area contributed by atoms with Gasteiger partial charge in [-0.1, -0.05) is 191 Å². The van der Waals surface area contributed by atoms with Crippen LogP contribution >= 0.6 is 0 Å². The quantitative estimate of drug-likeness (QED) is 0.142. The fourth-order valence-electron chi connectivity index (χ4n) is 12.2. The summed E-state index contributed by atoms with van der Waals surface area (Å²) in [5.74, 6) is 0.393. The molecular weight excluding hydrogens is 895 g/mol. The van der Waals surface area contributed by atoms with Crippen LogP contribution in [0, 0.1) is 5.92 Å². The Labute approximate surface area is 432 Å². The standard InChI is InChI=1S/C71H53N3/c1-46-16-15-25-56(38-46)74(58-34-31-49-19-9-12-22-52(49)41-58)60-44-65-68(53-29-28-47-17-7-10-20-50(47)39-53)63-37-35-59(73(55-23-5-4-6-24-55)57-33-30-48-18-8-11-21-51(48)40-57)43-64(63)69(70(65)72-45-60)54-32-36-62-61-26-13-14-27-66(61)71(2,3)67(62)42-54/h4-15,17-46H,16H2,1-3H3. The Bertz CT molecular complexity index is 4290. The molecule has 3 nitrogen and oxygen atoms in total. The second-order valence-corrected chi connectivity index (χ2v) is 20.8. The molecule has 0 saturated heterocycles. The van der Waals surface area contributed by atoms with E-state index in [0.29, 0.717) is 5.92 Å². The zero-order valence-corrected chi connectivity index (χ0v) is 41.8. The lowest BCUT2D eigenvalue weighted by atomic mass is 9.80. The molecule has 1 atom stereocenters. The van der Waals surface area contributed by atoms with Gasteiger partial charge in [-0.25, -0.2) is 0 Å². The number of pyridine rings is 1. The van der Waals surface area contributed by atoms with E-state index in [4.69, 9.17) is 4.98 Å². The van der Waals surface area contributed by atoms with Crippen molar-refractivity contribution >= 4 is 82.4 Å². The maximum atomic E-state index is 5.77. The van der Waals surface area contributed by atoms with Crippen LogP contribution in [0.4, 0.5) is 28.4 Å². The molecule has 11 aromatic carbocycles. The summed E-state index contributed by atoms with van der Waals surface area (Å²) in [6.07, 6.45) is 10.1. The molecule has 1 unspecified atom stereocenters. The van der Waals surface area contributed by atoms with Crippen molar-refractivity contribution in [3.05, 3.63) is 266 Å². The number of aromatic nitrogens is 1. The van der Waals surface area contributed by atoms with Crippen molar-refractivity contribution in [2.24, 2.45) is 5.92 Å². The molecule has 0 N–H and O–H groups in total. The Morgan fingerprint density at radius 2 is 0.973 bits per heavy atom. The third-order valence-corrected chi connectivity index (χ3v) is 15.9. The molecule has 352 valence electrons. The molecule has 0 spiro atoms. The molecule has 74 heavy (non-hydrogen) atoms. The smallest absolute Gasteiger partial charge is 0.0794 e. The van der Waals surface area contributed by atoms with E-state index in [-0.39, 0.29) is 5.41 Å². The monoisotopic (exact) mass is 947 g/mol. The minimum absolute atomic E-state index is 0.191. The summed E-state index contributed by atoms with van der Waals surface area (Å²) in [6, 6.07) is 83.0. The predicted octanol–water partition coefficient (Wildman–Crippen LogP) is 19.6. The van der Waals surface area contributed by atoms with Crippen LogP contribution in [0.15, 0.2) is 255 Å². The molecule has 0 fully saturated rings. The Balaban J connectivity index is 1.09. The van der Waals surface area contributed by atoms with E-state index in [2.05, 4.69) is 279 Å². The number of rotatable bonds is 8. The van der Waals surface area contributed by atoms with Crippen LogP contribution < -0.4 is 9.80 Å². The van der Waals surface area contributed by atoms with Gasteiger partial charge in [-0.15, -0.1) is 0 Å². The average Bonchev–Trinajstić information content (AvgIpc) is 3.73. The van der Waals surface area contributed by atoms with Crippen LogP contribution in [0.3, 0.4) is 0 Å². The highest BCUT2D eigenvalue weighted by molar-refractivity contribution is 6.22. The highest BCUT2D eigenvalue weighted by Crippen LogP contribution is 2.52. The van der Waals surface area contributed by atoms with Crippen molar-refractivity contribution in [1.82, 2.24) is 4.98 Å². The number of benzene rings is 11. The summed E-state index contributed by atoms with van der Waals surface area (Å²) in [5, 5.41) is 10.7. The number of allylic oxidation sites excluding steroid dienone is 3.